The van der Waals surface area contributed by atoms with E-state index in [2.05, 4.69) is 10.1 Å². The average molecular weight is 406 g/mol. The molecule has 2 amide bonds. The van der Waals surface area contributed by atoms with Crippen LogP contribution < -0.4 is 5.32 Å². The smallest absolute Gasteiger partial charge is 0.410 e. The Morgan fingerprint density at radius 2 is 1.93 bits per heavy atom. The molecule has 154 valence electrons. The molecule has 1 saturated heterocycles. The number of likely N-dealkylation sites (tertiary alicyclic amines) is 1. The molecule has 0 saturated carbocycles. The summed E-state index contributed by atoms with van der Waals surface area (Å²) in [7, 11) is 0. The van der Waals surface area contributed by atoms with Crippen molar-refractivity contribution in [1.29, 1.82) is 0 Å². The highest BCUT2D eigenvalue weighted by molar-refractivity contribution is 8.13. The standard InChI is InChI=1S/C17H27FN2O6S/c1-3-4-14(18)26-17(25)19-9-15(22)20-7-5-12(6-8-20)13(16(23)24)10-27-11(2)21/h12-14H,3-10H2,1-2H3,(H,19,25)(H,23,24). The first-order valence-electron chi connectivity index (χ1n) is 8.97. The number of nitrogens with one attached hydrogen (secondary N) is 1. The molecule has 1 heterocycles. The predicted molar refractivity (Wildman–Crippen MR) is 97.9 cm³/mol. The van der Waals surface area contributed by atoms with Crippen molar-refractivity contribution in [2.24, 2.45) is 11.8 Å². The quantitative estimate of drug-likeness (QED) is 0.602. The van der Waals surface area contributed by atoms with Crippen LogP contribution >= 0.6 is 11.8 Å². The van der Waals surface area contributed by atoms with Crippen molar-refractivity contribution in [1.82, 2.24) is 10.2 Å². The SMILES string of the molecule is CCCC(F)OC(=O)NCC(=O)N1CCC(C(CSC(C)=O)C(=O)O)CC1. The number of rotatable bonds is 9. The van der Waals surface area contributed by atoms with Gasteiger partial charge in [-0.3, -0.25) is 14.4 Å². The molecule has 2 unspecified atom stereocenters. The second kappa shape index (κ2) is 11.8. The van der Waals surface area contributed by atoms with E-state index in [1.165, 1.54) is 11.8 Å². The van der Waals surface area contributed by atoms with Gasteiger partial charge in [-0.1, -0.05) is 18.7 Å². The summed E-state index contributed by atoms with van der Waals surface area (Å²) in [4.78, 5) is 47.6. The largest absolute Gasteiger partial charge is 0.481 e. The van der Waals surface area contributed by atoms with Gasteiger partial charge >= 0.3 is 12.1 Å². The van der Waals surface area contributed by atoms with Gasteiger partial charge in [-0.15, -0.1) is 0 Å². The van der Waals surface area contributed by atoms with Crippen LogP contribution in [0.4, 0.5) is 9.18 Å². The number of alkyl halides is 1. The van der Waals surface area contributed by atoms with Gasteiger partial charge in [0, 0.05) is 32.2 Å². The van der Waals surface area contributed by atoms with Crippen LogP contribution in [-0.4, -0.2) is 64.8 Å². The van der Waals surface area contributed by atoms with Crippen LogP contribution in [-0.2, 0) is 19.1 Å². The van der Waals surface area contributed by atoms with Gasteiger partial charge in [0.1, 0.15) is 6.54 Å². The number of carboxylic acids is 1. The van der Waals surface area contributed by atoms with Crippen LogP contribution in [0.3, 0.4) is 0 Å². The highest BCUT2D eigenvalue weighted by atomic mass is 32.2. The van der Waals surface area contributed by atoms with Crippen LogP contribution in [0.25, 0.3) is 0 Å². The molecule has 27 heavy (non-hydrogen) atoms. The zero-order valence-corrected chi connectivity index (χ0v) is 16.4. The van der Waals surface area contributed by atoms with Crippen LogP contribution in [0.15, 0.2) is 0 Å². The third-order valence-electron chi connectivity index (χ3n) is 4.38. The van der Waals surface area contributed by atoms with Crippen molar-refractivity contribution in [3.05, 3.63) is 0 Å². The zero-order chi connectivity index (χ0) is 20.4. The summed E-state index contributed by atoms with van der Waals surface area (Å²) in [6.45, 7) is 3.60. The summed E-state index contributed by atoms with van der Waals surface area (Å²) in [5.41, 5.74) is 0. The summed E-state index contributed by atoms with van der Waals surface area (Å²) >= 11 is 0.996. The molecule has 0 aromatic heterocycles. The second-order valence-corrected chi connectivity index (χ2v) is 7.62. The van der Waals surface area contributed by atoms with E-state index in [4.69, 9.17) is 0 Å². The Morgan fingerprint density at radius 3 is 2.44 bits per heavy atom. The highest BCUT2D eigenvalue weighted by Gasteiger charge is 2.32. The molecule has 10 heteroatoms. The predicted octanol–water partition coefficient (Wildman–Crippen LogP) is 2.03. The number of alkyl carbamates (subject to hydrolysis) is 1. The zero-order valence-electron chi connectivity index (χ0n) is 15.6. The molecule has 0 aliphatic carbocycles. The van der Waals surface area contributed by atoms with Gasteiger partial charge in [-0.2, -0.15) is 0 Å². The van der Waals surface area contributed by atoms with Gasteiger partial charge in [0.25, 0.3) is 0 Å². The number of hydrogen-bond acceptors (Lipinski definition) is 6. The van der Waals surface area contributed by atoms with Crippen LogP contribution in [0.1, 0.15) is 39.5 Å². The molecule has 0 bridgehead atoms. The van der Waals surface area contributed by atoms with Crippen LogP contribution in [0.5, 0.6) is 0 Å². The first-order chi connectivity index (χ1) is 12.7. The van der Waals surface area contributed by atoms with E-state index in [1.807, 2.05) is 0 Å². The summed E-state index contributed by atoms with van der Waals surface area (Å²) < 4.78 is 17.6. The molecular weight excluding hydrogens is 379 g/mol. The number of nitrogens with zero attached hydrogens (tertiary/aromatic N) is 1. The van der Waals surface area contributed by atoms with Crippen molar-refractivity contribution < 1.29 is 33.4 Å². The van der Waals surface area contributed by atoms with Gasteiger partial charge < -0.3 is 20.1 Å². The molecular formula is C17H27FN2O6S. The topological polar surface area (TPSA) is 113 Å². The maximum atomic E-state index is 13.2. The maximum Gasteiger partial charge on any atom is 0.410 e. The number of hydrogen-bond donors (Lipinski definition) is 2. The number of ether oxygens (including phenoxy) is 1. The van der Waals surface area contributed by atoms with E-state index in [0.717, 1.165) is 11.8 Å². The van der Waals surface area contributed by atoms with E-state index in [-0.39, 0.29) is 35.7 Å². The monoisotopic (exact) mass is 406 g/mol. The summed E-state index contributed by atoms with van der Waals surface area (Å²) in [5, 5.41) is 11.5. The molecule has 1 fully saturated rings. The fourth-order valence-corrected chi connectivity index (χ4v) is 3.70. The van der Waals surface area contributed by atoms with Gasteiger partial charge in [-0.05, 0) is 25.2 Å². The minimum absolute atomic E-state index is 0.0987. The summed E-state index contributed by atoms with van der Waals surface area (Å²) in [5.74, 6) is -1.80. The van der Waals surface area contributed by atoms with Gasteiger partial charge in [0.05, 0.1) is 5.92 Å². The van der Waals surface area contributed by atoms with Gasteiger partial charge in [0.2, 0.25) is 12.3 Å². The molecule has 2 atom stereocenters. The van der Waals surface area contributed by atoms with Crippen molar-refractivity contribution in [2.75, 3.05) is 25.4 Å². The Balaban J connectivity index is 2.39. The Hall–Kier alpha value is -1.84. The molecule has 1 aliphatic rings. The Bertz CT molecular complexity index is 540. The van der Waals surface area contributed by atoms with E-state index in [9.17, 15) is 28.7 Å². The molecule has 0 radical (unpaired) electrons. The molecule has 1 rings (SSSR count). The van der Waals surface area contributed by atoms with Gasteiger partial charge in [-0.25, -0.2) is 9.18 Å². The molecule has 2 N–H and O–H groups in total. The number of carbonyl (C=O) groups excluding carboxylic acids is 3. The van der Waals surface area contributed by atoms with Crippen molar-refractivity contribution in [3.8, 4) is 0 Å². The van der Waals surface area contributed by atoms with Crippen molar-refractivity contribution >= 4 is 34.8 Å². The third-order valence-corrected chi connectivity index (χ3v) is 5.31. The van der Waals surface area contributed by atoms with Crippen molar-refractivity contribution in [2.45, 2.75) is 45.9 Å². The molecule has 8 nitrogen and oxygen atoms in total. The van der Waals surface area contributed by atoms with E-state index in [1.54, 1.807) is 6.92 Å². The number of aliphatic carboxylic acids is 1. The molecule has 0 spiro atoms. The number of halogens is 1. The lowest BCUT2D eigenvalue weighted by Crippen LogP contribution is -2.46. The highest BCUT2D eigenvalue weighted by Crippen LogP contribution is 2.28. The van der Waals surface area contributed by atoms with Crippen molar-refractivity contribution in [3.63, 3.8) is 0 Å². The van der Waals surface area contributed by atoms with E-state index in [0.29, 0.717) is 32.4 Å². The summed E-state index contributed by atoms with van der Waals surface area (Å²) in [6.07, 6.45) is -1.02. The minimum atomic E-state index is -1.69. The first-order valence-corrected chi connectivity index (χ1v) is 9.95. The fraction of sp³-hybridized carbons (Fsp3) is 0.765. The average Bonchev–Trinajstić information content (AvgIpc) is 2.60. The Labute approximate surface area is 162 Å². The Morgan fingerprint density at radius 1 is 1.30 bits per heavy atom. The fourth-order valence-electron chi connectivity index (χ4n) is 2.87. The lowest BCUT2D eigenvalue weighted by Gasteiger charge is -2.34. The van der Waals surface area contributed by atoms with E-state index >= 15 is 0 Å². The second-order valence-electron chi connectivity index (χ2n) is 6.42. The van der Waals surface area contributed by atoms with Gasteiger partial charge in [0.15, 0.2) is 5.12 Å². The normalized spacial score (nSPS) is 17.1. The minimum Gasteiger partial charge on any atom is -0.481 e. The number of carbonyl (C=O) groups is 4. The Kier molecular flexibility index (Phi) is 10.1. The number of carboxylic acid groups (broad SMARTS) is 1. The number of thioether (sulfide) groups is 1. The molecule has 1 aliphatic heterocycles. The van der Waals surface area contributed by atoms with E-state index < -0.39 is 24.3 Å². The van der Waals surface area contributed by atoms with Crippen LogP contribution in [0, 0.1) is 11.8 Å². The summed E-state index contributed by atoms with van der Waals surface area (Å²) in [6, 6.07) is 0. The lowest BCUT2D eigenvalue weighted by molar-refractivity contribution is -0.143. The molecule has 0 aromatic rings. The molecule has 0 aromatic carbocycles. The first kappa shape index (κ1) is 23.2. The maximum absolute atomic E-state index is 13.2. The number of amides is 2. The lowest BCUT2D eigenvalue weighted by atomic mass is 9.85. The third kappa shape index (κ3) is 8.59. The van der Waals surface area contributed by atoms with Crippen LogP contribution in [0.2, 0.25) is 0 Å². The number of piperidine rings is 1.